The summed E-state index contributed by atoms with van der Waals surface area (Å²) in [6.07, 6.45) is 13.2. The topological polar surface area (TPSA) is 43.2 Å². The molecule has 0 spiro atoms. The van der Waals surface area contributed by atoms with Crippen molar-refractivity contribution in [2.45, 2.75) is 39.7 Å². The molecule has 0 bridgehead atoms. The lowest BCUT2D eigenvalue weighted by Gasteiger charge is -2.37. The van der Waals surface area contributed by atoms with Crippen molar-refractivity contribution in [3.63, 3.8) is 0 Å². The SMILES string of the molecule is C=C(C)/C(C)=C/C(=NC)C1=CC(=C2CC2)N2C=C(N3CCNC(C)C3)C=CC2=N1. The summed E-state index contributed by atoms with van der Waals surface area (Å²) in [5.41, 5.74) is 8.01. The lowest BCUT2D eigenvalue weighted by atomic mass is 10.1. The van der Waals surface area contributed by atoms with E-state index in [0.717, 1.165) is 48.0 Å². The predicted molar refractivity (Wildman–Crippen MR) is 122 cm³/mol. The van der Waals surface area contributed by atoms with Crippen molar-refractivity contribution in [1.82, 2.24) is 15.1 Å². The van der Waals surface area contributed by atoms with E-state index in [2.05, 4.69) is 71.0 Å². The molecule has 29 heavy (non-hydrogen) atoms. The monoisotopic (exact) mass is 389 g/mol. The third-order valence-corrected chi connectivity index (χ3v) is 5.81. The maximum atomic E-state index is 4.94. The van der Waals surface area contributed by atoms with E-state index in [4.69, 9.17) is 4.99 Å². The van der Waals surface area contributed by atoms with Crippen LogP contribution in [0.1, 0.15) is 33.6 Å². The number of nitrogens with zero attached hydrogens (tertiary/aromatic N) is 4. The van der Waals surface area contributed by atoms with Crippen LogP contribution >= 0.6 is 0 Å². The average molecular weight is 390 g/mol. The minimum Gasteiger partial charge on any atom is -0.368 e. The molecule has 4 rings (SSSR count). The van der Waals surface area contributed by atoms with Gasteiger partial charge in [0.25, 0.3) is 0 Å². The first-order valence-corrected chi connectivity index (χ1v) is 10.5. The van der Waals surface area contributed by atoms with Crippen molar-refractivity contribution < 1.29 is 0 Å². The van der Waals surface area contributed by atoms with Crippen LogP contribution in [0.5, 0.6) is 0 Å². The maximum Gasteiger partial charge on any atom is 0.137 e. The summed E-state index contributed by atoms with van der Waals surface area (Å²) in [5, 5.41) is 3.52. The number of nitrogens with one attached hydrogen (secondary N) is 1. The highest BCUT2D eigenvalue weighted by atomic mass is 15.3. The second-order valence-corrected chi connectivity index (χ2v) is 8.26. The Bertz CT molecular complexity index is 932. The molecule has 0 aromatic heterocycles. The zero-order valence-corrected chi connectivity index (χ0v) is 18.0. The van der Waals surface area contributed by atoms with E-state index >= 15 is 0 Å². The van der Waals surface area contributed by atoms with Crippen molar-refractivity contribution in [2.24, 2.45) is 9.98 Å². The standard InChI is InChI=1S/C24H31N5/c1-16(2)17(3)12-21(25-5)22-13-23(19-6-7-19)29-15-20(8-9-24(29)27-22)28-11-10-26-18(4)14-28/h8-9,12-13,15,18,26H,1,6-7,10-11,14H2,2-5H3/b17-12+,25-21?. The first-order chi connectivity index (χ1) is 14.0. The fourth-order valence-electron chi connectivity index (χ4n) is 3.78. The third-order valence-electron chi connectivity index (χ3n) is 5.81. The molecular weight excluding hydrogens is 358 g/mol. The number of piperazine rings is 1. The highest BCUT2D eigenvalue weighted by molar-refractivity contribution is 6.12. The van der Waals surface area contributed by atoms with Gasteiger partial charge in [0.1, 0.15) is 5.84 Å². The number of allylic oxidation sites excluding steroid dienone is 6. The van der Waals surface area contributed by atoms with Gasteiger partial charge in [0.2, 0.25) is 0 Å². The van der Waals surface area contributed by atoms with E-state index in [9.17, 15) is 0 Å². The predicted octanol–water partition coefficient (Wildman–Crippen LogP) is 3.93. The molecule has 0 aromatic rings. The van der Waals surface area contributed by atoms with Crippen LogP contribution in [0.25, 0.3) is 0 Å². The Morgan fingerprint density at radius 1 is 1.31 bits per heavy atom. The molecule has 5 heteroatoms. The summed E-state index contributed by atoms with van der Waals surface area (Å²) in [6, 6.07) is 0.508. The van der Waals surface area contributed by atoms with E-state index in [1.807, 2.05) is 14.0 Å². The van der Waals surface area contributed by atoms with Crippen LogP contribution in [0.3, 0.4) is 0 Å². The largest absolute Gasteiger partial charge is 0.368 e. The summed E-state index contributed by atoms with van der Waals surface area (Å²) in [5.74, 6) is 0.964. The number of rotatable bonds is 4. The Labute approximate surface area is 174 Å². The minimum absolute atomic E-state index is 0.508. The van der Waals surface area contributed by atoms with Crippen LogP contribution in [0.4, 0.5) is 0 Å². The Hall–Kier alpha value is -2.66. The quantitative estimate of drug-likeness (QED) is 0.585. The van der Waals surface area contributed by atoms with Crippen molar-refractivity contribution in [1.29, 1.82) is 0 Å². The highest BCUT2D eigenvalue weighted by Crippen LogP contribution is 2.38. The number of amidine groups is 1. The van der Waals surface area contributed by atoms with E-state index in [-0.39, 0.29) is 0 Å². The molecular formula is C24H31N5. The molecule has 1 saturated heterocycles. The van der Waals surface area contributed by atoms with Gasteiger partial charge < -0.3 is 10.2 Å². The van der Waals surface area contributed by atoms with Gasteiger partial charge in [0, 0.05) is 44.6 Å². The molecule has 1 N–H and O–H groups in total. The molecule has 3 aliphatic heterocycles. The normalized spacial score (nSPS) is 24.8. The Balaban J connectivity index is 1.66. The second kappa shape index (κ2) is 7.99. The van der Waals surface area contributed by atoms with E-state index in [1.54, 1.807) is 0 Å². The minimum atomic E-state index is 0.508. The lowest BCUT2D eigenvalue weighted by Crippen LogP contribution is -2.49. The molecule has 2 fully saturated rings. The summed E-state index contributed by atoms with van der Waals surface area (Å²) in [7, 11) is 1.83. The molecule has 1 saturated carbocycles. The number of fused-ring (bicyclic) bond motifs is 1. The van der Waals surface area contributed by atoms with Crippen LogP contribution in [0.2, 0.25) is 0 Å². The van der Waals surface area contributed by atoms with Gasteiger partial charge >= 0.3 is 0 Å². The first-order valence-electron chi connectivity index (χ1n) is 10.5. The molecule has 0 radical (unpaired) electrons. The van der Waals surface area contributed by atoms with Crippen molar-refractivity contribution in [3.05, 3.63) is 70.9 Å². The molecule has 3 heterocycles. The van der Waals surface area contributed by atoms with Crippen molar-refractivity contribution >= 4 is 11.5 Å². The van der Waals surface area contributed by atoms with Gasteiger partial charge in [-0.3, -0.25) is 9.89 Å². The summed E-state index contributed by atoms with van der Waals surface area (Å²) in [4.78, 5) is 14.2. The smallest absolute Gasteiger partial charge is 0.137 e. The van der Waals surface area contributed by atoms with Crippen molar-refractivity contribution in [2.75, 3.05) is 26.7 Å². The first kappa shape index (κ1) is 19.6. The molecule has 1 atom stereocenters. The molecule has 0 aromatic carbocycles. The van der Waals surface area contributed by atoms with Crippen LogP contribution < -0.4 is 5.32 Å². The van der Waals surface area contributed by atoms with Gasteiger partial charge in [-0.05, 0) is 69.1 Å². The maximum absolute atomic E-state index is 4.94. The lowest BCUT2D eigenvalue weighted by molar-refractivity contribution is 0.259. The third kappa shape index (κ3) is 4.20. The molecule has 1 unspecified atom stereocenters. The van der Waals surface area contributed by atoms with Gasteiger partial charge in [0.15, 0.2) is 0 Å². The van der Waals surface area contributed by atoms with Crippen LogP contribution in [-0.4, -0.2) is 54.1 Å². The molecule has 5 nitrogen and oxygen atoms in total. The van der Waals surface area contributed by atoms with Gasteiger partial charge in [-0.15, -0.1) is 0 Å². The fourth-order valence-corrected chi connectivity index (χ4v) is 3.78. The van der Waals surface area contributed by atoms with Crippen LogP contribution in [0.15, 0.2) is 80.9 Å². The Morgan fingerprint density at radius 2 is 2.10 bits per heavy atom. The van der Waals surface area contributed by atoms with E-state index < -0.39 is 0 Å². The average Bonchev–Trinajstić information content (AvgIpc) is 3.55. The second-order valence-electron chi connectivity index (χ2n) is 8.26. The number of hydrogen-bond donors (Lipinski definition) is 1. The number of aliphatic imine (C=N–C) groups is 2. The summed E-state index contributed by atoms with van der Waals surface area (Å²) in [6.45, 7) is 13.5. The molecule has 4 aliphatic rings. The summed E-state index contributed by atoms with van der Waals surface area (Å²) >= 11 is 0. The van der Waals surface area contributed by atoms with Crippen molar-refractivity contribution in [3.8, 4) is 0 Å². The van der Waals surface area contributed by atoms with Gasteiger partial charge in [-0.25, -0.2) is 4.99 Å². The molecule has 152 valence electrons. The van der Waals surface area contributed by atoms with E-state index in [1.165, 1.54) is 29.8 Å². The summed E-state index contributed by atoms with van der Waals surface area (Å²) < 4.78 is 0. The van der Waals surface area contributed by atoms with Gasteiger partial charge in [0.05, 0.1) is 17.1 Å². The fraction of sp³-hybridized carbons (Fsp3) is 0.417. The van der Waals surface area contributed by atoms with Gasteiger partial charge in [-0.1, -0.05) is 12.2 Å². The zero-order valence-electron chi connectivity index (χ0n) is 18.0. The molecule has 1 aliphatic carbocycles. The Morgan fingerprint density at radius 3 is 2.76 bits per heavy atom. The van der Waals surface area contributed by atoms with E-state index in [0.29, 0.717) is 6.04 Å². The Kier molecular flexibility index (Phi) is 5.41. The zero-order chi connectivity index (χ0) is 20.5. The van der Waals surface area contributed by atoms with Crippen LogP contribution in [0, 0.1) is 0 Å². The van der Waals surface area contributed by atoms with Gasteiger partial charge in [-0.2, -0.15) is 0 Å². The molecule has 0 amide bonds. The highest BCUT2D eigenvalue weighted by Gasteiger charge is 2.29. The number of hydrogen-bond acceptors (Lipinski definition) is 5. The van der Waals surface area contributed by atoms with Crippen LogP contribution in [-0.2, 0) is 0 Å².